The zero-order chi connectivity index (χ0) is 14.2. The van der Waals surface area contributed by atoms with E-state index < -0.39 is 0 Å². The maximum Gasteiger partial charge on any atom is 0.224 e. The molecule has 1 aromatic carbocycles. The third kappa shape index (κ3) is 5.01. The molecule has 0 aliphatic carbocycles. The number of amides is 1. The molecule has 0 aliphatic rings. The molecule has 0 saturated heterocycles. The Morgan fingerprint density at radius 3 is 2.55 bits per heavy atom. The van der Waals surface area contributed by atoms with E-state index in [0.717, 1.165) is 15.9 Å². The van der Waals surface area contributed by atoms with E-state index in [0.29, 0.717) is 19.4 Å². The molecule has 0 unspecified atom stereocenters. The fraction of sp³-hybridized carbons (Fsp3) is 0.200. The molecule has 1 amide bonds. The number of anilines is 1. The molecule has 2 aromatic rings. The number of carbonyl (C=O) groups excluding carboxylic acids is 1. The Kier molecular flexibility index (Phi) is 5.55. The van der Waals surface area contributed by atoms with E-state index in [9.17, 15) is 4.79 Å². The molecule has 5 heteroatoms. The number of pyridine rings is 1. The Morgan fingerprint density at radius 2 is 1.85 bits per heavy atom. The average molecular weight is 335 g/mol. The van der Waals surface area contributed by atoms with Crippen LogP contribution in [0.3, 0.4) is 0 Å². The van der Waals surface area contributed by atoms with Gasteiger partial charge in [0.1, 0.15) is 5.75 Å². The number of aromatic nitrogens is 1. The number of nitrogens with zero attached hydrogens (tertiary/aromatic N) is 1. The summed E-state index contributed by atoms with van der Waals surface area (Å²) in [6.07, 6.45) is 4.39. The van der Waals surface area contributed by atoms with Gasteiger partial charge in [0.15, 0.2) is 0 Å². The number of halogens is 1. The number of rotatable bonds is 6. The largest absolute Gasteiger partial charge is 0.494 e. The highest BCUT2D eigenvalue weighted by molar-refractivity contribution is 9.10. The molecule has 0 radical (unpaired) electrons. The summed E-state index contributed by atoms with van der Waals surface area (Å²) in [5.41, 5.74) is 0.763. The topological polar surface area (TPSA) is 51.2 Å². The molecule has 0 atom stereocenters. The molecule has 0 saturated carbocycles. The Labute approximate surface area is 126 Å². The molecule has 4 nitrogen and oxygen atoms in total. The minimum Gasteiger partial charge on any atom is -0.494 e. The van der Waals surface area contributed by atoms with Gasteiger partial charge in [0, 0.05) is 29.0 Å². The first-order valence-electron chi connectivity index (χ1n) is 6.32. The quantitative estimate of drug-likeness (QED) is 0.820. The fourth-order valence-electron chi connectivity index (χ4n) is 1.61. The molecule has 0 aliphatic heterocycles. The highest BCUT2D eigenvalue weighted by Gasteiger charge is 2.02. The predicted molar refractivity (Wildman–Crippen MR) is 81.7 cm³/mol. The first kappa shape index (κ1) is 14.5. The van der Waals surface area contributed by atoms with Crippen LogP contribution < -0.4 is 10.1 Å². The fourth-order valence-corrected chi connectivity index (χ4v) is 1.88. The van der Waals surface area contributed by atoms with E-state index >= 15 is 0 Å². The molecule has 1 heterocycles. The SMILES string of the molecule is O=C(CCCOc1ccc(Br)cc1)Nc1ccncc1. The number of nitrogens with one attached hydrogen (secondary N) is 1. The van der Waals surface area contributed by atoms with Crippen LogP contribution in [0.5, 0.6) is 5.75 Å². The van der Waals surface area contributed by atoms with Crippen LogP contribution in [0.25, 0.3) is 0 Å². The van der Waals surface area contributed by atoms with E-state index in [1.165, 1.54) is 0 Å². The van der Waals surface area contributed by atoms with Crippen molar-refractivity contribution < 1.29 is 9.53 Å². The van der Waals surface area contributed by atoms with Gasteiger partial charge in [-0.15, -0.1) is 0 Å². The van der Waals surface area contributed by atoms with Crippen molar-refractivity contribution in [2.24, 2.45) is 0 Å². The van der Waals surface area contributed by atoms with Gasteiger partial charge in [-0.3, -0.25) is 9.78 Å². The van der Waals surface area contributed by atoms with E-state index in [2.05, 4.69) is 26.2 Å². The summed E-state index contributed by atoms with van der Waals surface area (Å²) in [5, 5.41) is 2.81. The molecule has 0 fully saturated rings. The lowest BCUT2D eigenvalue weighted by Crippen LogP contribution is -2.12. The second-order valence-electron chi connectivity index (χ2n) is 4.19. The third-order valence-electron chi connectivity index (χ3n) is 2.59. The van der Waals surface area contributed by atoms with E-state index in [1.54, 1.807) is 24.5 Å². The monoisotopic (exact) mass is 334 g/mol. The van der Waals surface area contributed by atoms with Gasteiger partial charge in [-0.05, 0) is 42.8 Å². The zero-order valence-electron chi connectivity index (χ0n) is 10.9. The molecular formula is C15H15BrN2O2. The van der Waals surface area contributed by atoms with E-state index in [1.807, 2.05) is 24.3 Å². The number of hydrogen-bond donors (Lipinski definition) is 1. The van der Waals surface area contributed by atoms with Crippen molar-refractivity contribution in [2.75, 3.05) is 11.9 Å². The van der Waals surface area contributed by atoms with E-state index in [-0.39, 0.29) is 5.91 Å². The highest BCUT2D eigenvalue weighted by atomic mass is 79.9. The van der Waals surface area contributed by atoms with Crippen LogP contribution in [0.2, 0.25) is 0 Å². The summed E-state index contributed by atoms with van der Waals surface area (Å²) in [6.45, 7) is 0.519. The third-order valence-corrected chi connectivity index (χ3v) is 3.12. The van der Waals surface area contributed by atoms with Gasteiger partial charge in [-0.1, -0.05) is 15.9 Å². The maximum atomic E-state index is 11.7. The summed E-state index contributed by atoms with van der Waals surface area (Å²) < 4.78 is 6.57. The second-order valence-corrected chi connectivity index (χ2v) is 5.11. The molecule has 1 aromatic heterocycles. The zero-order valence-corrected chi connectivity index (χ0v) is 12.5. The summed E-state index contributed by atoms with van der Waals surface area (Å²) in [4.78, 5) is 15.6. The van der Waals surface area contributed by atoms with Crippen molar-refractivity contribution in [2.45, 2.75) is 12.8 Å². The molecule has 20 heavy (non-hydrogen) atoms. The number of hydrogen-bond acceptors (Lipinski definition) is 3. The Balaban J connectivity index is 1.66. The minimum absolute atomic E-state index is 0.0180. The van der Waals surface area contributed by atoms with Crippen LogP contribution in [-0.2, 0) is 4.79 Å². The van der Waals surface area contributed by atoms with Gasteiger partial charge in [-0.25, -0.2) is 0 Å². The highest BCUT2D eigenvalue weighted by Crippen LogP contribution is 2.16. The maximum absolute atomic E-state index is 11.7. The summed E-state index contributed by atoms with van der Waals surface area (Å²) in [5.74, 6) is 0.790. The van der Waals surface area contributed by atoms with Crippen LogP contribution in [0.4, 0.5) is 5.69 Å². The van der Waals surface area contributed by atoms with Crippen LogP contribution >= 0.6 is 15.9 Å². The Bertz CT molecular complexity index is 544. The van der Waals surface area contributed by atoms with Gasteiger partial charge in [0.25, 0.3) is 0 Å². The predicted octanol–water partition coefficient (Wildman–Crippen LogP) is 3.64. The second kappa shape index (κ2) is 7.65. The lowest BCUT2D eigenvalue weighted by atomic mass is 10.3. The number of ether oxygens (including phenoxy) is 1. The smallest absolute Gasteiger partial charge is 0.224 e. The van der Waals surface area contributed by atoms with Crippen molar-refractivity contribution in [1.82, 2.24) is 4.98 Å². The number of benzene rings is 1. The minimum atomic E-state index is -0.0180. The van der Waals surface area contributed by atoms with Crippen LogP contribution in [0, 0.1) is 0 Å². The van der Waals surface area contributed by atoms with Crippen molar-refractivity contribution >= 4 is 27.5 Å². The van der Waals surface area contributed by atoms with Crippen molar-refractivity contribution in [3.8, 4) is 5.75 Å². The van der Waals surface area contributed by atoms with E-state index in [4.69, 9.17) is 4.74 Å². The summed E-state index contributed by atoms with van der Waals surface area (Å²) in [7, 11) is 0. The Morgan fingerprint density at radius 1 is 1.15 bits per heavy atom. The number of carbonyl (C=O) groups is 1. The van der Waals surface area contributed by atoms with Crippen molar-refractivity contribution in [1.29, 1.82) is 0 Å². The van der Waals surface area contributed by atoms with Crippen LogP contribution in [0.15, 0.2) is 53.3 Å². The molecule has 1 N–H and O–H groups in total. The summed E-state index contributed by atoms with van der Waals surface area (Å²) in [6, 6.07) is 11.1. The normalized spacial score (nSPS) is 10.1. The molecular weight excluding hydrogens is 320 g/mol. The standard InChI is InChI=1S/C15H15BrN2O2/c16-12-3-5-14(6-4-12)20-11-1-2-15(19)18-13-7-9-17-10-8-13/h3-10H,1-2,11H2,(H,17,18,19). The van der Waals surface area contributed by atoms with Crippen molar-refractivity contribution in [3.63, 3.8) is 0 Å². The van der Waals surface area contributed by atoms with Crippen LogP contribution in [-0.4, -0.2) is 17.5 Å². The first-order chi connectivity index (χ1) is 9.74. The lowest BCUT2D eigenvalue weighted by Gasteiger charge is -2.07. The summed E-state index contributed by atoms with van der Waals surface area (Å²) >= 11 is 3.36. The molecule has 0 bridgehead atoms. The molecule has 2 rings (SSSR count). The van der Waals surface area contributed by atoms with Gasteiger partial charge in [-0.2, -0.15) is 0 Å². The van der Waals surface area contributed by atoms with Gasteiger partial charge < -0.3 is 10.1 Å². The van der Waals surface area contributed by atoms with Crippen molar-refractivity contribution in [3.05, 3.63) is 53.3 Å². The molecule has 104 valence electrons. The average Bonchev–Trinajstić information content (AvgIpc) is 2.46. The molecule has 0 spiro atoms. The van der Waals surface area contributed by atoms with Gasteiger partial charge >= 0.3 is 0 Å². The first-order valence-corrected chi connectivity index (χ1v) is 7.11. The van der Waals surface area contributed by atoms with Gasteiger partial charge in [0.05, 0.1) is 6.61 Å². The Hall–Kier alpha value is -1.88. The lowest BCUT2D eigenvalue weighted by molar-refractivity contribution is -0.116. The van der Waals surface area contributed by atoms with Crippen LogP contribution in [0.1, 0.15) is 12.8 Å². The van der Waals surface area contributed by atoms with Gasteiger partial charge in [0.2, 0.25) is 5.91 Å².